The number of primary amides is 1. The first-order valence-corrected chi connectivity index (χ1v) is 7.49. The average molecular weight is 316 g/mol. The van der Waals surface area contributed by atoms with Gasteiger partial charge in [0, 0.05) is 19.0 Å². The number of carbonyl (C=O) groups excluding carboxylic acids is 2. The van der Waals surface area contributed by atoms with Crippen LogP contribution >= 0.6 is 0 Å². The zero-order valence-corrected chi connectivity index (χ0v) is 12.5. The van der Waals surface area contributed by atoms with Crippen LogP contribution in [0.15, 0.2) is 40.8 Å². The first kappa shape index (κ1) is 15.3. The molecule has 0 saturated carbocycles. The zero-order valence-electron chi connectivity index (χ0n) is 12.5. The van der Waals surface area contributed by atoms with Crippen LogP contribution in [0.5, 0.6) is 0 Å². The van der Waals surface area contributed by atoms with E-state index in [9.17, 15) is 14.0 Å². The van der Waals surface area contributed by atoms with E-state index >= 15 is 0 Å². The molecule has 120 valence electrons. The third-order valence-electron chi connectivity index (χ3n) is 4.14. The second-order valence-corrected chi connectivity index (χ2v) is 5.61. The van der Waals surface area contributed by atoms with Gasteiger partial charge in [0.25, 0.3) is 5.91 Å². The molecule has 0 atom stereocenters. The third-order valence-corrected chi connectivity index (χ3v) is 4.14. The zero-order chi connectivity index (χ0) is 16.4. The molecule has 0 spiro atoms. The molecule has 5 nitrogen and oxygen atoms in total. The minimum Gasteiger partial charge on any atom is -0.451 e. The van der Waals surface area contributed by atoms with Gasteiger partial charge >= 0.3 is 0 Å². The highest BCUT2D eigenvalue weighted by Gasteiger charge is 2.28. The number of halogens is 1. The number of carbonyl (C=O) groups is 2. The van der Waals surface area contributed by atoms with Crippen molar-refractivity contribution in [3.63, 3.8) is 0 Å². The summed E-state index contributed by atoms with van der Waals surface area (Å²) >= 11 is 0. The molecule has 0 bridgehead atoms. The summed E-state index contributed by atoms with van der Waals surface area (Å²) in [4.78, 5) is 25.2. The molecule has 1 aromatic carbocycles. The van der Waals surface area contributed by atoms with Gasteiger partial charge in [-0.15, -0.1) is 0 Å². The van der Waals surface area contributed by atoms with E-state index in [1.807, 2.05) is 0 Å². The smallest absolute Gasteiger partial charge is 0.289 e. The highest BCUT2D eigenvalue weighted by Crippen LogP contribution is 2.26. The van der Waals surface area contributed by atoms with E-state index in [-0.39, 0.29) is 23.5 Å². The van der Waals surface area contributed by atoms with Crippen LogP contribution in [0, 0.1) is 11.7 Å². The van der Waals surface area contributed by atoms with Crippen molar-refractivity contribution >= 4 is 11.8 Å². The molecule has 0 radical (unpaired) electrons. The molecule has 1 aliphatic heterocycles. The van der Waals surface area contributed by atoms with E-state index in [2.05, 4.69) is 0 Å². The Bertz CT molecular complexity index is 733. The van der Waals surface area contributed by atoms with Gasteiger partial charge in [0.1, 0.15) is 11.6 Å². The van der Waals surface area contributed by atoms with Gasteiger partial charge in [-0.2, -0.15) is 0 Å². The van der Waals surface area contributed by atoms with Crippen LogP contribution in [0.25, 0.3) is 11.3 Å². The predicted molar refractivity (Wildman–Crippen MR) is 81.9 cm³/mol. The van der Waals surface area contributed by atoms with E-state index in [4.69, 9.17) is 10.2 Å². The van der Waals surface area contributed by atoms with Gasteiger partial charge in [-0.3, -0.25) is 9.59 Å². The van der Waals surface area contributed by atoms with Crippen LogP contribution in [0.2, 0.25) is 0 Å². The Hall–Kier alpha value is -2.63. The van der Waals surface area contributed by atoms with Crippen LogP contribution in [-0.2, 0) is 4.79 Å². The quantitative estimate of drug-likeness (QED) is 0.944. The standard InChI is InChI=1S/C17H17FN2O3/c18-13-4-2-1-3-12(13)14-5-6-15(23-14)17(22)20-9-7-11(8-10-20)16(19)21/h1-6,11H,7-10H2,(H2,19,21). The van der Waals surface area contributed by atoms with Crippen molar-refractivity contribution in [3.05, 3.63) is 48.0 Å². The van der Waals surface area contributed by atoms with Gasteiger partial charge in [-0.1, -0.05) is 12.1 Å². The number of amides is 2. The molecule has 0 aliphatic carbocycles. The summed E-state index contributed by atoms with van der Waals surface area (Å²) < 4.78 is 19.3. The van der Waals surface area contributed by atoms with E-state index < -0.39 is 5.82 Å². The molecule has 1 aromatic heterocycles. The van der Waals surface area contributed by atoms with Crippen molar-refractivity contribution in [2.75, 3.05) is 13.1 Å². The summed E-state index contributed by atoms with van der Waals surface area (Å²) in [5.74, 6) is -0.667. The van der Waals surface area contributed by atoms with Gasteiger partial charge in [0.05, 0.1) is 5.56 Å². The van der Waals surface area contributed by atoms with Crippen LogP contribution in [-0.4, -0.2) is 29.8 Å². The van der Waals surface area contributed by atoms with Crippen molar-refractivity contribution in [2.24, 2.45) is 11.7 Å². The lowest BCUT2D eigenvalue weighted by molar-refractivity contribution is -0.123. The summed E-state index contributed by atoms with van der Waals surface area (Å²) in [6.07, 6.45) is 1.11. The lowest BCUT2D eigenvalue weighted by Gasteiger charge is -2.29. The molecule has 6 heteroatoms. The maximum Gasteiger partial charge on any atom is 0.289 e. The van der Waals surface area contributed by atoms with Gasteiger partial charge in [-0.05, 0) is 37.1 Å². The highest BCUT2D eigenvalue weighted by atomic mass is 19.1. The number of benzene rings is 1. The minimum atomic E-state index is -0.400. The third kappa shape index (κ3) is 3.11. The number of furan rings is 1. The number of rotatable bonds is 3. The lowest BCUT2D eigenvalue weighted by Crippen LogP contribution is -2.41. The van der Waals surface area contributed by atoms with Crippen LogP contribution in [0.1, 0.15) is 23.4 Å². The van der Waals surface area contributed by atoms with E-state index in [0.717, 1.165) is 0 Å². The molecular formula is C17H17FN2O3. The summed E-state index contributed by atoms with van der Waals surface area (Å²) in [6, 6.07) is 9.37. The summed E-state index contributed by atoms with van der Waals surface area (Å²) in [5.41, 5.74) is 5.60. The van der Waals surface area contributed by atoms with Crippen LogP contribution in [0.3, 0.4) is 0 Å². The molecule has 2 heterocycles. The predicted octanol–water partition coefficient (Wildman–Crippen LogP) is 2.42. The Morgan fingerprint density at radius 1 is 1.13 bits per heavy atom. The van der Waals surface area contributed by atoms with Gasteiger partial charge < -0.3 is 15.1 Å². The number of nitrogens with two attached hydrogens (primary N) is 1. The normalized spacial score (nSPS) is 15.6. The molecule has 23 heavy (non-hydrogen) atoms. The number of hydrogen-bond donors (Lipinski definition) is 1. The van der Waals surface area contributed by atoms with Gasteiger partial charge in [0.15, 0.2) is 5.76 Å². The summed E-state index contributed by atoms with van der Waals surface area (Å²) in [7, 11) is 0. The first-order valence-electron chi connectivity index (χ1n) is 7.49. The van der Waals surface area contributed by atoms with Gasteiger partial charge in [-0.25, -0.2) is 4.39 Å². The highest BCUT2D eigenvalue weighted by molar-refractivity contribution is 5.92. The topological polar surface area (TPSA) is 76.5 Å². The monoisotopic (exact) mass is 316 g/mol. The molecule has 1 fully saturated rings. The Balaban J connectivity index is 1.72. The molecule has 1 saturated heterocycles. The van der Waals surface area contributed by atoms with Crippen molar-refractivity contribution in [2.45, 2.75) is 12.8 Å². The maximum absolute atomic E-state index is 13.8. The second-order valence-electron chi connectivity index (χ2n) is 5.61. The van der Waals surface area contributed by atoms with Crippen molar-refractivity contribution in [3.8, 4) is 11.3 Å². The molecule has 3 rings (SSSR count). The fraction of sp³-hybridized carbons (Fsp3) is 0.294. The summed E-state index contributed by atoms with van der Waals surface area (Å²) in [5, 5.41) is 0. The number of piperidine rings is 1. The van der Waals surface area contributed by atoms with Crippen LogP contribution in [0.4, 0.5) is 4.39 Å². The summed E-state index contributed by atoms with van der Waals surface area (Å²) in [6.45, 7) is 0.921. The minimum absolute atomic E-state index is 0.167. The number of nitrogens with zero attached hydrogens (tertiary/aromatic N) is 1. The SMILES string of the molecule is NC(=O)C1CCN(C(=O)c2ccc(-c3ccccc3F)o2)CC1. The molecule has 2 amide bonds. The Kier molecular flexibility index (Phi) is 4.14. The Morgan fingerprint density at radius 2 is 1.83 bits per heavy atom. The molecule has 0 unspecified atom stereocenters. The lowest BCUT2D eigenvalue weighted by atomic mass is 9.96. The molecular weight excluding hydrogens is 299 g/mol. The van der Waals surface area contributed by atoms with E-state index in [1.54, 1.807) is 35.2 Å². The number of hydrogen-bond acceptors (Lipinski definition) is 3. The number of likely N-dealkylation sites (tertiary alicyclic amines) is 1. The molecule has 2 N–H and O–H groups in total. The van der Waals surface area contributed by atoms with Crippen molar-refractivity contribution in [1.29, 1.82) is 0 Å². The first-order chi connectivity index (χ1) is 11.1. The molecule has 1 aliphatic rings. The largest absolute Gasteiger partial charge is 0.451 e. The Labute approximate surface area is 132 Å². The van der Waals surface area contributed by atoms with E-state index in [1.165, 1.54) is 6.07 Å². The fourth-order valence-corrected chi connectivity index (χ4v) is 2.78. The Morgan fingerprint density at radius 3 is 2.48 bits per heavy atom. The average Bonchev–Trinajstić information content (AvgIpc) is 3.04. The maximum atomic E-state index is 13.8. The van der Waals surface area contributed by atoms with E-state index in [0.29, 0.717) is 37.3 Å². The van der Waals surface area contributed by atoms with Gasteiger partial charge in [0.2, 0.25) is 5.91 Å². The van der Waals surface area contributed by atoms with Crippen LogP contribution < -0.4 is 5.73 Å². The van der Waals surface area contributed by atoms with Crippen molar-refractivity contribution < 1.29 is 18.4 Å². The second kappa shape index (κ2) is 6.24. The molecule has 2 aromatic rings. The van der Waals surface area contributed by atoms with Crippen molar-refractivity contribution in [1.82, 2.24) is 4.90 Å². The fourth-order valence-electron chi connectivity index (χ4n) is 2.78.